The standard InChI is InChI=1S/C18H20N2O6S/c1-3-25-16-7-5-4-6-15(16)18(22)26-12(2)17(21)20-13-8-10-14(11-9-13)27(19,23)24/h4-12H,3H2,1-2H3,(H,20,21)(H2,19,23,24)/t12-/m1/s1. The third-order valence-electron chi connectivity index (χ3n) is 3.51. The average molecular weight is 392 g/mol. The fourth-order valence-electron chi connectivity index (χ4n) is 2.17. The fourth-order valence-corrected chi connectivity index (χ4v) is 2.68. The molecule has 0 unspecified atom stereocenters. The number of amides is 1. The van der Waals surface area contributed by atoms with Crippen LogP contribution >= 0.6 is 0 Å². The SMILES string of the molecule is CCOc1ccccc1C(=O)O[C@H](C)C(=O)Nc1ccc(S(N)(=O)=O)cc1. The Hall–Kier alpha value is -2.91. The Kier molecular flexibility index (Phi) is 6.54. The second-order valence-corrected chi connectivity index (χ2v) is 7.10. The largest absolute Gasteiger partial charge is 0.493 e. The van der Waals surface area contributed by atoms with E-state index in [-0.39, 0.29) is 10.5 Å². The highest BCUT2D eigenvalue weighted by Crippen LogP contribution is 2.20. The maximum absolute atomic E-state index is 12.3. The van der Waals surface area contributed by atoms with Gasteiger partial charge in [0.25, 0.3) is 5.91 Å². The number of carbonyl (C=O) groups is 2. The minimum atomic E-state index is -3.81. The van der Waals surface area contributed by atoms with Crippen molar-refractivity contribution in [3.63, 3.8) is 0 Å². The van der Waals surface area contributed by atoms with Crippen LogP contribution in [0.15, 0.2) is 53.4 Å². The Morgan fingerprint density at radius 1 is 1.11 bits per heavy atom. The van der Waals surface area contributed by atoms with Crippen LogP contribution in [0.3, 0.4) is 0 Å². The number of esters is 1. The molecule has 1 amide bonds. The second-order valence-electron chi connectivity index (χ2n) is 5.54. The van der Waals surface area contributed by atoms with Gasteiger partial charge in [-0.15, -0.1) is 0 Å². The molecule has 0 saturated heterocycles. The highest BCUT2D eigenvalue weighted by Gasteiger charge is 2.21. The van der Waals surface area contributed by atoms with E-state index < -0.39 is 28.0 Å². The number of carbonyl (C=O) groups excluding carboxylic acids is 2. The van der Waals surface area contributed by atoms with Crippen LogP contribution in [0.25, 0.3) is 0 Å². The lowest BCUT2D eigenvalue weighted by Crippen LogP contribution is -2.30. The van der Waals surface area contributed by atoms with Crippen molar-refractivity contribution in [1.29, 1.82) is 0 Å². The van der Waals surface area contributed by atoms with Crippen LogP contribution < -0.4 is 15.2 Å². The van der Waals surface area contributed by atoms with Crippen molar-refractivity contribution < 1.29 is 27.5 Å². The molecular formula is C18H20N2O6S. The van der Waals surface area contributed by atoms with Gasteiger partial charge in [0.2, 0.25) is 10.0 Å². The van der Waals surface area contributed by atoms with Crippen LogP contribution in [0.2, 0.25) is 0 Å². The summed E-state index contributed by atoms with van der Waals surface area (Å²) in [5.41, 5.74) is 0.557. The normalized spacial score (nSPS) is 12.1. The summed E-state index contributed by atoms with van der Waals surface area (Å²) in [4.78, 5) is 24.4. The third kappa shape index (κ3) is 5.53. The predicted octanol–water partition coefficient (Wildman–Crippen LogP) is 1.92. The monoisotopic (exact) mass is 392 g/mol. The quantitative estimate of drug-likeness (QED) is 0.694. The Balaban J connectivity index is 2.02. The van der Waals surface area contributed by atoms with Crippen molar-refractivity contribution in [3.8, 4) is 5.75 Å². The molecule has 0 fully saturated rings. The molecule has 2 aromatic carbocycles. The van der Waals surface area contributed by atoms with Gasteiger partial charge >= 0.3 is 5.97 Å². The number of para-hydroxylation sites is 1. The average Bonchev–Trinajstić information content (AvgIpc) is 2.62. The number of nitrogens with two attached hydrogens (primary N) is 1. The van der Waals surface area contributed by atoms with Crippen LogP contribution in [0, 0.1) is 0 Å². The zero-order valence-electron chi connectivity index (χ0n) is 14.8. The summed E-state index contributed by atoms with van der Waals surface area (Å²) in [5, 5.41) is 7.55. The first kappa shape index (κ1) is 20.4. The van der Waals surface area contributed by atoms with E-state index in [1.807, 2.05) is 0 Å². The summed E-state index contributed by atoms with van der Waals surface area (Å²) < 4.78 is 33.0. The number of nitrogens with one attached hydrogen (secondary N) is 1. The van der Waals surface area contributed by atoms with Crippen molar-refractivity contribution in [2.24, 2.45) is 5.14 Å². The lowest BCUT2D eigenvalue weighted by Gasteiger charge is -2.15. The number of benzene rings is 2. The molecular weight excluding hydrogens is 372 g/mol. The molecule has 144 valence electrons. The van der Waals surface area contributed by atoms with Gasteiger partial charge < -0.3 is 14.8 Å². The van der Waals surface area contributed by atoms with E-state index in [9.17, 15) is 18.0 Å². The topological polar surface area (TPSA) is 125 Å². The van der Waals surface area contributed by atoms with E-state index in [2.05, 4.69) is 5.32 Å². The molecule has 3 N–H and O–H groups in total. The molecule has 0 aliphatic rings. The van der Waals surface area contributed by atoms with Gasteiger partial charge in [0.15, 0.2) is 6.10 Å². The maximum atomic E-state index is 12.3. The Morgan fingerprint density at radius 3 is 2.33 bits per heavy atom. The summed E-state index contributed by atoms with van der Waals surface area (Å²) in [7, 11) is -3.81. The molecule has 0 bridgehead atoms. The smallest absolute Gasteiger partial charge is 0.342 e. The first-order chi connectivity index (χ1) is 12.7. The molecule has 0 saturated carbocycles. The van der Waals surface area contributed by atoms with Crippen LogP contribution in [-0.4, -0.2) is 33.0 Å². The Labute approximate surface area is 157 Å². The number of hydrogen-bond acceptors (Lipinski definition) is 6. The highest BCUT2D eigenvalue weighted by molar-refractivity contribution is 7.89. The van der Waals surface area contributed by atoms with E-state index in [0.29, 0.717) is 18.0 Å². The lowest BCUT2D eigenvalue weighted by molar-refractivity contribution is -0.123. The van der Waals surface area contributed by atoms with Crippen molar-refractivity contribution in [2.75, 3.05) is 11.9 Å². The molecule has 8 nitrogen and oxygen atoms in total. The Morgan fingerprint density at radius 2 is 1.74 bits per heavy atom. The summed E-state index contributed by atoms with van der Waals surface area (Å²) in [6.07, 6.45) is -1.08. The molecule has 27 heavy (non-hydrogen) atoms. The molecule has 2 aromatic rings. The van der Waals surface area contributed by atoms with E-state index in [1.54, 1.807) is 31.2 Å². The number of primary sulfonamides is 1. The van der Waals surface area contributed by atoms with Gasteiger partial charge in [-0.1, -0.05) is 12.1 Å². The predicted molar refractivity (Wildman–Crippen MR) is 98.9 cm³/mol. The molecule has 0 radical (unpaired) electrons. The van der Waals surface area contributed by atoms with Crippen LogP contribution in [0.1, 0.15) is 24.2 Å². The molecule has 2 rings (SSSR count). The highest BCUT2D eigenvalue weighted by atomic mass is 32.2. The van der Waals surface area contributed by atoms with E-state index >= 15 is 0 Å². The van der Waals surface area contributed by atoms with Crippen molar-refractivity contribution >= 4 is 27.6 Å². The third-order valence-corrected chi connectivity index (χ3v) is 4.44. The minimum Gasteiger partial charge on any atom is -0.493 e. The maximum Gasteiger partial charge on any atom is 0.342 e. The first-order valence-electron chi connectivity index (χ1n) is 8.09. The van der Waals surface area contributed by atoms with Crippen molar-refractivity contribution in [2.45, 2.75) is 24.8 Å². The van der Waals surface area contributed by atoms with Crippen LogP contribution in [0.5, 0.6) is 5.75 Å². The molecule has 0 heterocycles. The number of rotatable bonds is 7. The van der Waals surface area contributed by atoms with E-state index in [4.69, 9.17) is 14.6 Å². The van der Waals surface area contributed by atoms with Gasteiger partial charge in [-0.05, 0) is 50.2 Å². The lowest BCUT2D eigenvalue weighted by atomic mass is 10.2. The van der Waals surface area contributed by atoms with Gasteiger partial charge in [-0.25, -0.2) is 18.4 Å². The Bertz CT molecular complexity index is 925. The van der Waals surface area contributed by atoms with E-state index in [0.717, 1.165) is 0 Å². The molecule has 0 spiro atoms. The molecule has 0 aliphatic heterocycles. The van der Waals surface area contributed by atoms with Crippen molar-refractivity contribution in [3.05, 3.63) is 54.1 Å². The van der Waals surface area contributed by atoms with Gasteiger partial charge in [0.1, 0.15) is 11.3 Å². The molecule has 9 heteroatoms. The molecule has 0 aliphatic carbocycles. The first-order valence-corrected chi connectivity index (χ1v) is 9.63. The number of ether oxygens (including phenoxy) is 2. The zero-order chi connectivity index (χ0) is 20.0. The van der Waals surface area contributed by atoms with Crippen LogP contribution in [0.4, 0.5) is 5.69 Å². The van der Waals surface area contributed by atoms with Gasteiger partial charge in [0, 0.05) is 5.69 Å². The van der Waals surface area contributed by atoms with Gasteiger partial charge in [-0.3, -0.25) is 4.79 Å². The van der Waals surface area contributed by atoms with Gasteiger partial charge in [0.05, 0.1) is 11.5 Å². The minimum absolute atomic E-state index is 0.0764. The number of sulfonamides is 1. The summed E-state index contributed by atoms with van der Waals surface area (Å²) in [6.45, 7) is 3.60. The molecule has 1 atom stereocenters. The summed E-state index contributed by atoms with van der Waals surface area (Å²) in [5.74, 6) is -0.886. The van der Waals surface area contributed by atoms with Crippen molar-refractivity contribution in [1.82, 2.24) is 0 Å². The van der Waals surface area contributed by atoms with Crippen LogP contribution in [-0.2, 0) is 19.6 Å². The number of anilines is 1. The zero-order valence-corrected chi connectivity index (χ0v) is 15.7. The fraction of sp³-hybridized carbons (Fsp3) is 0.222. The van der Waals surface area contributed by atoms with E-state index in [1.165, 1.54) is 31.2 Å². The van der Waals surface area contributed by atoms with Gasteiger partial charge in [-0.2, -0.15) is 0 Å². The summed E-state index contributed by atoms with van der Waals surface area (Å²) >= 11 is 0. The second kappa shape index (κ2) is 8.65. The number of hydrogen-bond donors (Lipinski definition) is 2. The molecule has 0 aromatic heterocycles. The summed E-state index contributed by atoms with van der Waals surface area (Å²) in [6, 6.07) is 11.9.